The van der Waals surface area contributed by atoms with Gasteiger partial charge in [-0.2, -0.15) is 0 Å². The van der Waals surface area contributed by atoms with Crippen LogP contribution in [0.2, 0.25) is 0 Å². The first-order valence-corrected chi connectivity index (χ1v) is 11.1. The van der Waals surface area contributed by atoms with E-state index >= 15 is 0 Å². The minimum Gasteiger partial charge on any atom is -0.506 e. The Morgan fingerprint density at radius 2 is 1.85 bits per heavy atom. The molecule has 33 heavy (non-hydrogen) atoms. The normalized spacial score (nSPS) is 17.4. The van der Waals surface area contributed by atoms with Gasteiger partial charge in [0.25, 0.3) is 0 Å². The average Bonchev–Trinajstić information content (AvgIpc) is 3.13. The Labute approximate surface area is 195 Å². The van der Waals surface area contributed by atoms with Crippen molar-refractivity contribution in [2.75, 3.05) is 34.0 Å². The molecule has 0 aliphatic carbocycles. The van der Waals surface area contributed by atoms with Crippen LogP contribution in [0.15, 0.2) is 57.6 Å². The van der Waals surface area contributed by atoms with Crippen molar-refractivity contribution in [3.05, 3.63) is 58.2 Å². The van der Waals surface area contributed by atoms with E-state index in [1.165, 1.54) is 18.9 Å². The summed E-state index contributed by atoms with van der Waals surface area (Å²) in [5, 5.41) is 11.2. The highest BCUT2D eigenvalue weighted by molar-refractivity contribution is 8.18. The van der Waals surface area contributed by atoms with Crippen LogP contribution in [0.3, 0.4) is 0 Å². The predicted octanol–water partition coefficient (Wildman–Crippen LogP) is 4.67. The molecule has 0 radical (unpaired) electrons. The molecule has 2 heterocycles. The van der Waals surface area contributed by atoms with Gasteiger partial charge in [-0.1, -0.05) is 17.8 Å². The van der Waals surface area contributed by atoms with Gasteiger partial charge in [-0.25, -0.2) is 9.79 Å². The molecule has 0 fully saturated rings. The van der Waals surface area contributed by atoms with Gasteiger partial charge in [0, 0.05) is 6.07 Å². The minimum absolute atomic E-state index is 0.0143. The molecular weight excluding hydrogens is 446 g/mol. The van der Waals surface area contributed by atoms with Gasteiger partial charge < -0.3 is 28.8 Å². The molecule has 0 unspecified atom stereocenters. The molecule has 0 aromatic heterocycles. The molecule has 8 nitrogen and oxygen atoms in total. The first-order chi connectivity index (χ1) is 16.0. The third-order valence-electron chi connectivity index (χ3n) is 4.83. The van der Waals surface area contributed by atoms with Crippen molar-refractivity contribution in [3.63, 3.8) is 0 Å². The van der Waals surface area contributed by atoms with E-state index in [0.29, 0.717) is 51.8 Å². The molecule has 2 aliphatic heterocycles. The zero-order valence-corrected chi connectivity index (χ0v) is 19.2. The second-order valence-corrected chi connectivity index (χ2v) is 7.94. The van der Waals surface area contributed by atoms with Crippen molar-refractivity contribution in [2.45, 2.75) is 6.92 Å². The van der Waals surface area contributed by atoms with E-state index in [-0.39, 0.29) is 17.9 Å². The van der Waals surface area contributed by atoms with Crippen LogP contribution in [-0.2, 0) is 9.53 Å². The fourth-order valence-corrected chi connectivity index (χ4v) is 4.34. The Kier molecular flexibility index (Phi) is 6.79. The van der Waals surface area contributed by atoms with Crippen molar-refractivity contribution in [1.82, 2.24) is 0 Å². The number of aliphatic hydroxyl groups excluding tert-OH is 1. The molecule has 2 aliphatic rings. The van der Waals surface area contributed by atoms with Crippen LogP contribution in [0.5, 0.6) is 23.0 Å². The highest BCUT2D eigenvalue weighted by Crippen LogP contribution is 2.42. The number of nitrogens with zero attached hydrogens (tertiary/aromatic N) is 1. The van der Waals surface area contributed by atoms with Gasteiger partial charge in [0.2, 0.25) is 0 Å². The molecule has 0 atom stereocenters. The van der Waals surface area contributed by atoms with E-state index in [1.807, 2.05) is 18.2 Å². The Morgan fingerprint density at radius 1 is 1.09 bits per heavy atom. The molecule has 4 rings (SSSR count). The van der Waals surface area contributed by atoms with Crippen molar-refractivity contribution < 1.29 is 33.6 Å². The summed E-state index contributed by atoms with van der Waals surface area (Å²) in [5.74, 6) is 1.53. The maximum absolute atomic E-state index is 12.6. The van der Waals surface area contributed by atoms with Gasteiger partial charge in [-0.3, -0.25) is 0 Å². The van der Waals surface area contributed by atoms with Crippen LogP contribution in [-0.4, -0.2) is 50.2 Å². The van der Waals surface area contributed by atoms with Crippen molar-refractivity contribution in [2.24, 2.45) is 4.99 Å². The average molecular weight is 470 g/mol. The second kappa shape index (κ2) is 9.91. The number of ether oxygens (including phenoxy) is 5. The summed E-state index contributed by atoms with van der Waals surface area (Å²) in [5.41, 5.74) is 1.33. The SMILES string of the molecule is CCOC(=O)C1=C(O)C(=Cc2ccc3c(c2)OCCO3)SC1=Nc1ccc(OC)c(OC)c1. The van der Waals surface area contributed by atoms with E-state index in [2.05, 4.69) is 4.99 Å². The second-order valence-electron chi connectivity index (χ2n) is 6.91. The molecule has 0 saturated heterocycles. The molecule has 0 spiro atoms. The standard InChI is InChI=1S/C24H23NO7S/c1-4-30-24(27)21-22(26)20(12-14-5-7-17-19(11-14)32-10-9-31-17)33-23(21)25-15-6-8-16(28-2)18(13-15)29-3/h5-8,11-13,26H,4,9-10H2,1-3H3. The molecule has 2 aromatic rings. The Morgan fingerprint density at radius 3 is 2.58 bits per heavy atom. The van der Waals surface area contributed by atoms with Gasteiger partial charge in [-0.05, 0) is 42.8 Å². The molecular formula is C24H23NO7S. The number of esters is 1. The number of benzene rings is 2. The Hall–Kier alpha value is -3.59. The smallest absolute Gasteiger partial charge is 0.344 e. The summed E-state index contributed by atoms with van der Waals surface area (Å²) >= 11 is 1.17. The number of thioether (sulfide) groups is 1. The van der Waals surface area contributed by atoms with Crippen molar-refractivity contribution in [3.8, 4) is 23.0 Å². The van der Waals surface area contributed by atoms with Crippen LogP contribution < -0.4 is 18.9 Å². The predicted molar refractivity (Wildman–Crippen MR) is 126 cm³/mol. The molecule has 172 valence electrons. The number of aliphatic imine (C=N–C) groups is 1. The van der Waals surface area contributed by atoms with Gasteiger partial charge in [0.05, 0.1) is 31.4 Å². The number of hydrogen-bond acceptors (Lipinski definition) is 9. The summed E-state index contributed by atoms with van der Waals surface area (Å²) in [4.78, 5) is 17.7. The molecule has 0 amide bonds. The Balaban J connectivity index is 1.72. The lowest BCUT2D eigenvalue weighted by Crippen LogP contribution is -2.15. The number of hydrogen-bond donors (Lipinski definition) is 1. The minimum atomic E-state index is -0.646. The van der Waals surface area contributed by atoms with E-state index in [9.17, 15) is 9.90 Å². The number of carbonyl (C=O) groups is 1. The summed E-state index contributed by atoms with van der Waals surface area (Å²) in [7, 11) is 3.08. The first kappa shape index (κ1) is 22.6. The highest BCUT2D eigenvalue weighted by atomic mass is 32.2. The molecule has 2 aromatic carbocycles. The van der Waals surface area contributed by atoms with Crippen LogP contribution in [0.1, 0.15) is 12.5 Å². The maximum atomic E-state index is 12.6. The van der Waals surface area contributed by atoms with Crippen LogP contribution >= 0.6 is 11.8 Å². The number of rotatable bonds is 6. The lowest BCUT2D eigenvalue weighted by Gasteiger charge is -2.18. The fourth-order valence-electron chi connectivity index (χ4n) is 3.30. The summed E-state index contributed by atoms with van der Waals surface area (Å²) in [6.45, 7) is 2.85. The van der Waals surface area contributed by atoms with Gasteiger partial charge in [-0.15, -0.1) is 0 Å². The number of fused-ring (bicyclic) bond motifs is 1. The summed E-state index contributed by atoms with van der Waals surface area (Å²) < 4.78 is 26.9. The van der Waals surface area contributed by atoms with Gasteiger partial charge in [0.15, 0.2) is 23.0 Å². The van der Waals surface area contributed by atoms with E-state index in [1.54, 1.807) is 38.3 Å². The van der Waals surface area contributed by atoms with Crippen molar-refractivity contribution >= 4 is 34.5 Å². The number of aliphatic hydroxyl groups is 1. The topological polar surface area (TPSA) is 95.8 Å². The summed E-state index contributed by atoms with van der Waals surface area (Å²) in [6.07, 6.45) is 1.76. The lowest BCUT2D eigenvalue weighted by atomic mass is 10.1. The third-order valence-corrected chi connectivity index (χ3v) is 5.85. The number of carbonyl (C=O) groups excluding carboxylic acids is 1. The number of methoxy groups -OCH3 is 2. The maximum Gasteiger partial charge on any atom is 0.344 e. The zero-order chi connectivity index (χ0) is 23.4. The zero-order valence-electron chi connectivity index (χ0n) is 18.4. The van der Waals surface area contributed by atoms with E-state index < -0.39 is 5.97 Å². The monoisotopic (exact) mass is 469 g/mol. The third kappa shape index (κ3) is 4.78. The molecule has 1 N–H and O–H groups in total. The Bertz CT molecular complexity index is 1170. The quantitative estimate of drug-likeness (QED) is 0.610. The highest BCUT2D eigenvalue weighted by Gasteiger charge is 2.33. The fraction of sp³-hybridized carbons (Fsp3) is 0.250. The lowest BCUT2D eigenvalue weighted by molar-refractivity contribution is -0.138. The molecule has 9 heteroatoms. The largest absolute Gasteiger partial charge is 0.506 e. The van der Waals surface area contributed by atoms with E-state index in [0.717, 1.165) is 5.56 Å². The molecule has 0 saturated carbocycles. The van der Waals surface area contributed by atoms with E-state index in [4.69, 9.17) is 23.7 Å². The van der Waals surface area contributed by atoms with Crippen LogP contribution in [0.4, 0.5) is 5.69 Å². The van der Waals surface area contributed by atoms with Gasteiger partial charge in [0.1, 0.15) is 29.6 Å². The first-order valence-electron chi connectivity index (χ1n) is 10.2. The van der Waals surface area contributed by atoms with Crippen LogP contribution in [0.25, 0.3) is 6.08 Å². The summed E-state index contributed by atoms with van der Waals surface area (Å²) in [6, 6.07) is 10.6. The molecule has 0 bridgehead atoms. The van der Waals surface area contributed by atoms with Crippen LogP contribution in [0, 0.1) is 0 Å². The van der Waals surface area contributed by atoms with Gasteiger partial charge >= 0.3 is 5.97 Å². The van der Waals surface area contributed by atoms with Crippen molar-refractivity contribution in [1.29, 1.82) is 0 Å².